The summed E-state index contributed by atoms with van der Waals surface area (Å²) in [7, 11) is 0. The standard InChI is InChI=1S/C48H39N3O6/c52-46(55-37-22-31-16-13-28-7-1-4-10-40(28)43(31)49-25-37)34-19-35(47(53)56-38-23-32-17-14-29-8-2-5-11-41(29)44(32)50-26-38)21-36(20-34)48(54)57-39-24-33-18-15-30-9-3-6-12-42(30)45(33)51-27-39/h1-12,22-27,34-36H,13-21H2. The largest absolute Gasteiger partial charge is 0.425 e. The van der Waals surface area contributed by atoms with Crippen LogP contribution in [0.2, 0.25) is 0 Å². The maximum Gasteiger partial charge on any atom is 0.314 e. The molecule has 10 rings (SSSR count). The van der Waals surface area contributed by atoms with Gasteiger partial charge in [0, 0.05) is 16.7 Å². The smallest absolute Gasteiger partial charge is 0.314 e. The molecule has 0 N–H and O–H groups in total. The Morgan fingerprint density at radius 2 is 0.684 bits per heavy atom. The van der Waals surface area contributed by atoms with E-state index < -0.39 is 35.7 Å². The Hall–Kier alpha value is -6.48. The summed E-state index contributed by atoms with van der Waals surface area (Å²) in [4.78, 5) is 55.9. The van der Waals surface area contributed by atoms with Gasteiger partial charge in [0.05, 0.1) is 53.4 Å². The summed E-state index contributed by atoms with van der Waals surface area (Å²) in [5.41, 5.74) is 12.7. The van der Waals surface area contributed by atoms with Crippen LogP contribution in [-0.2, 0) is 52.9 Å². The van der Waals surface area contributed by atoms with E-state index in [0.717, 1.165) is 89.0 Å². The van der Waals surface area contributed by atoms with Crippen molar-refractivity contribution in [3.05, 3.63) is 143 Å². The molecular formula is C48H39N3O6. The van der Waals surface area contributed by atoms with E-state index in [4.69, 9.17) is 14.2 Å². The van der Waals surface area contributed by atoms with Gasteiger partial charge in [0.1, 0.15) is 17.2 Å². The fourth-order valence-electron chi connectivity index (χ4n) is 9.14. The number of ether oxygens (including phenoxy) is 3. The first-order chi connectivity index (χ1) is 27.9. The molecular weight excluding hydrogens is 715 g/mol. The van der Waals surface area contributed by atoms with Crippen LogP contribution in [0.5, 0.6) is 17.2 Å². The first kappa shape index (κ1) is 35.0. The molecule has 6 aromatic rings. The van der Waals surface area contributed by atoms with Gasteiger partial charge in [-0.25, -0.2) is 0 Å². The monoisotopic (exact) mass is 753 g/mol. The van der Waals surface area contributed by atoms with E-state index in [1.807, 2.05) is 54.6 Å². The van der Waals surface area contributed by atoms with Gasteiger partial charge >= 0.3 is 17.9 Å². The Labute approximate surface area is 330 Å². The second-order valence-corrected chi connectivity index (χ2v) is 15.6. The van der Waals surface area contributed by atoms with E-state index in [1.54, 1.807) is 18.6 Å². The number of pyridine rings is 3. The van der Waals surface area contributed by atoms with E-state index in [0.29, 0.717) is 17.2 Å². The number of aromatic nitrogens is 3. The van der Waals surface area contributed by atoms with Crippen LogP contribution in [0, 0.1) is 17.8 Å². The predicted octanol–water partition coefficient (Wildman–Crippen LogP) is 8.32. The summed E-state index contributed by atoms with van der Waals surface area (Å²) in [5, 5.41) is 0. The molecule has 282 valence electrons. The van der Waals surface area contributed by atoms with E-state index in [-0.39, 0.29) is 19.3 Å². The van der Waals surface area contributed by atoms with Crippen LogP contribution in [0.25, 0.3) is 33.8 Å². The molecule has 0 bridgehead atoms. The number of rotatable bonds is 6. The topological polar surface area (TPSA) is 118 Å². The highest BCUT2D eigenvalue weighted by atomic mass is 16.5. The molecule has 1 fully saturated rings. The van der Waals surface area contributed by atoms with Gasteiger partial charge in [-0.2, -0.15) is 0 Å². The van der Waals surface area contributed by atoms with Gasteiger partial charge in [-0.15, -0.1) is 0 Å². The predicted molar refractivity (Wildman–Crippen MR) is 212 cm³/mol. The molecule has 0 radical (unpaired) electrons. The summed E-state index contributed by atoms with van der Waals surface area (Å²) < 4.78 is 17.9. The molecule has 9 heteroatoms. The number of carbonyl (C=O) groups is 3. The Bertz CT molecular complexity index is 2310. The number of aryl methyl sites for hydroxylation is 6. The van der Waals surface area contributed by atoms with Crippen LogP contribution in [0.15, 0.2) is 110 Å². The Balaban J connectivity index is 0.888. The third-order valence-corrected chi connectivity index (χ3v) is 12.0. The van der Waals surface area contributed by atoms with Gasteiger partial charge in [0.2, 0.25) is 0 Å². The van der Waals surface area contributed by atoms with Crippen molar-refractivity contribution in [2.24, 2.45) is 17.8 Å². The van der Waals surface area contributed by atoms with Gasteiger partial charge < -0.3 is 14.2 Å². The third kappa shape index (κ3) is 6.77. The molecule has 0 saturated heterocycles. The number of esters is 3. The molecule has 1 saturated carbocycles. The number of hydrogen-bond acceptors (Lipinski definition) is 9. The number of nitrogens with zero attached hydrogens (tertiary/aromatic N) is 3. The molecule has 4 aliphatic carbocycles. The van der Waals surface area contributed by atoms with Gasteiger partial charge in [0.25, 0.3) is 0 Å². The minimum absolute atomic E-state index is 0.165. The molecule has 0 spiro atoms. The molecule has 0 aliphatic heterocycles. The van der Waals surface area contributed by atoms with Crippen molar-refractivity contribution in [2.45, 2.75) is 57.8 Å². The van der Waals surface area contributed by atoms with Crippen LogP contribution in [0.1, 0.15) is 52.6 Å². The minimum atomic E-state index is -0.762. The minimum Gasteiger partial charge on any atom is -0.425 e. The van der Waals surface area contributed by atoms with Crippen molar-refractivity contribution < 1.29 is 28.6 Å². The molecule has 0 unspecified atom stereocenters. The lowest BCUT2D eigenvalue weighted by atomic mass is 9.75. The van der Waals surface area contributed by atoms with Crippen molar-refractivity contribution in [3.8, 4) is 51.0 Å². The number of benzene rings is 3. The van der Waals surface area contributed by atoms with Crippen molar-refractivity contribution in [2.75, 3.05) is 0 Å². The number of carbonyl (C=O) groups excluding carboxylic acids is 3. The zero-order valence-corrected chi connectivity index (χ0v) is 31.3. The molecule has 3 aromatic heterocycles. The first-order valence-electron chi connectivity index (χ1n) is 19.8. The average molecular weight is 754 g/mol. The summed E-state index contributed by atoms with van der Waals surface area (Å²) in [6.45, 7) is 0. The third-order valence-electron chi connectivity index (χ3n) is 12.0. The van der Waals surface area contributed by atoms with Gasteiger partial charge in [-0.3, -0.25) is 29.3 Å². The van der Waals surface area contributed by atoms with Crippen molar-refractivity contribution in [1.29, 1.82) is 0 Å². The van der Waals surface area contributed by atoms with Gasteiger partial charge in [-0.1, -0.05) is 72.8 Å². The molecule has 0 atom stereocenters. The highest BCUT2D eigenvalue weighted by Gasteiger charge is 2.42. The molecule has 3 heterocycles. The maximum absolute atomic E-state index is 13.9. The number of hydrogen-bond donors (Lipinski definition) is 0. The Morgan fingerprint density at radius 1 is 0.404 bits per heavy atom. The van der Waals surface area contributed by atoms with E-state index in [2.05, 4.69) is 51.4 Å². The summed E-state index contributed by atoms with van der Waals surface area (Å²) in [6.07, 6.45) is 10.2. The second-order valence-electron chi connectivity index (χ2n) is 15.6. The summed E-state index contributed by atoms with van der Waals surface area (Å²) in [6, 6.07) is 30.2. The van der Waals surface area contributed by atoms with Crippen LogP contribution >= 0.6 is 0 Å². The van der Waals surface area contributed by atoms with Gasteiger partial charge in [0.15, 0.2) is 0 Å². The highest BCUT2D eigenvalue weighted by molar-refractivity contribution is 5.83. The fourth-order valence-corrected chi connectivity index (χ4v) is 9.14. The summed E-state index contributed by atoms with van der Waals surface area (Å²) >= 11 is 0. The van der Waals surface area contributed by atoms with Crippen molar-refractivity contribution >= 4 is 17.9 Å². The second kappa shape index (κ2) is 14.5. The number of fused-ring (bicyclic) bond motifs is 9. The SMILES string of the molecule is O=C(Oc1cnc2c(c1)CCc1ccccc1-2)C1CC(C(=O)Oc2cnc3c(c2)CCc2ccccc2-3)CC(C(=O)Oc2cnc3c(c2)CCc2ccccc2-3)C1. The molecule has 0 amide bonds. The van der Waals surface area contributed by atoms with Crippen molar-refractivity contribution in [3.63, 3.8) is 0 Å². The highest BCUT2D eigenvalue weighted by Crippen LogP contribution is 2.40. The molecule has 3 aromatic carbocycles. The first-order valence-corrected chi connectivity index (χ1v) is 19.8. The maximum atomic E-state index is 13.9. The normalized spacial score (nSPS) is 18.6. The quantitative estimate of drug-likeness (QED) is 0.155. The van der Waals surface area contributed by atoms with Crippen molar-refractivity contribution in [1.82, 2.24) is 15.0 Å². The van der Waals surface area contributed by atoms with Crippen LogP contribution < -0.4 is 14.2 Å². The van der Waals surface area contributed by atoms with E-state index >= 15 is 0 Å². The summed E-state index contributed by atoms with van der Waals surface area (Å²) in [5.74, 6) is -2.84. The Morgan fingerprint density at radius 3 is 1.00 bits per heavy atom. The van der Waals surface area contributed by atoms with Crippen LogP contribution in [0.4, 0.5) is 0 Å². The molecule has 57 heavy (non-hydrogen) atoms. The zero-order chi connectivity index (χ0) is 38.5. The lowest BCUT2D eigenvalue weighted by Crippen LogP contribution is -2.39. The average Bonchev–Trinajstić information content (AvgIpc) is 3.25. The molecule has 4 aliphatic rings. The lowest BCUT2D eigenvalue weighted by Gasteiger charge is -2.31. The zero-order valence-electron chi connectivity index (χ0n) is 31.3. The fraction of sp³-hybridized carbons (Fsp3) is 0.250. The van der Waals surface area contributed by atoms with Gasteiger partial charge in [-0.05, 0) is 109 Å². The van der Waals surface area contributed by atoms with Crippen LogP contribution in [0.3, 0.4) is 0 Å². The van der Waals surface area contributed by atoms with E-state index in [1.165, 1.54) is 16.7 Å². The molecule has 9 nitrogen and oxygen atoms in total. The van der Waals surface area contributed by atoms with Crippen LogP contribution in [-0.4, -0.2) is 32.9 Å². The Kier molecular flexibility index (Phi) is 8.92. The lowest BCUT2D eigenvalue weighted by molar-refractivity contribution is -0.150. The van der Waals surface area contributed by atoms with E-state index in [9.17, 15) is 14.4 Å².